The molecule has 0 aliphatic rings. The summed E-state index contributed by atoms with van der Waals surface area (Å²) in [6, 6.07) is 3.38. The number of carbonyl (C=O) groups is 2. The van der Waals surface area contributed by atoms with Gasteiger partial charge in [0.05, 0.1) is 5.75 Å². The lowest BCUT2D eigenvalue weighted by molar-refractivity contribution is -0.117. The Morgan fingerprint density at radius 1 is 1.42 bits per heavy atom. The third-order valence-corrected chi connectivity index (χ3v) is 3.35. The van der Waals surface area contributed by atoms with E-state index in [9.17, 15) is 9.59 Å². The number of thioether (sulfide) groups is 1. The van der Waals surface area contributed by atoms with Gasteiger partial charge in [-0.1, -0.05) is 11.8 Å². The predicted molar refractivity (Wildman–Crippen MR) is 67.4 cm³/mol. The van der Waals surface area contributed by atoms with Gasteiger partial charge in [-0.3, -0.25) is 14.9 Å². The minimum Gasteiger partial charge on any atom is -0.347 e. The average molecular weight is 280 g/mol. The van der Waals surface area contributed by atoms with Gasteiger partial charge in [0, 0.05) is 20.3 Å². The molecule has 100 valence electrons. The normalized spacial score (nSPS) is 10.4. The van der Waals surface area contributed by atoms with E-state index in [4.69, 9.17) is 0 Å². The molecule has 2 aromatic heterocycles. The van der Waals surface area contributed by atoms with Gasteiger partial charge in [0.1, 0.15) is 5.69 Å². The van der Waals surface area contributed by atoms with Gasteiger partial charge >= 0.3 is 0 Å². The van der Waals surface area contributed by atoms with Crippen molar-refractivity contribution in [2.24, 2.45) is 14.1 Å². The molecule has 0 radical (unpaired) electrons. The molecule has 2 rings (SSSR count). The molecular formula is C10H12N6O2S. The monoisotopic (exact) mass is 280 g/mol. The summed E-state index contributed by atoms with van der Waals surface area (Å²) >= 11 is 1.16. The van der Waals surface area contributed by atoms with Crippen LogP contribution in [0.2, 0.25) is 0 Å². The summed E-state index contributed by atoms with van der Waals surface area (Å²) < 4.78 is 3.10. The Kier molecular flexibility index (Phi) is 3.95. The number of nitrogens with zero attached hydrogens (tertiary/aromatic N) is 5. The Hall–Kier alpha value is -2.16. The van der Waals surface area contributed by atoms with E-state index in [1.807, 2.05) is 0 Å². The Bertz CT molecular complexity index is 605. The van der Waals surface area contributed by atoms with Gasteiger partial charge in [-0.15, -0.1) is 5.10 Å². The molecule has 0 unspecified atom stereocenters. The van der Waals surface area contributed by atoms with Crippen LogP contribution in [0, 0.1) is 0 Å². The lowest BCUT2D eigenvalue weighted by atomic mass is 10.4. The van der Waals surface area contributed by atoms with Crippen molar-refractivity contribution in [1.29, 1.82) is 0 Å². The highest BCUT2D eigenvalue weighted by Crippen LogP contribution is 2.11. The van der Waals surface area contributed by atoms with Gasteiger partial charge in [-0.2, -0.15) is 0 Å². The minimum atomic E-state index is -0.422. The first-order valence-electron chi connectivity index (χ1n) is 5.38. The molecule has 0 atom stereocenters. The predicted octanol–water partition coefficient (Wildman–Crippen LogP) is -0.403. The van der Waals surface area contributed by atoms with Crippen molar-refractivity contribution in [2.45, 2.75) is 5.16 Å². The van der Waals surface area contributed by atoms with E-state index < -0.39 is 5.91 Å². The molecule has 2 aromatic rings. The second-order valence-corrected chi connectivity index (χ2v) is 4.70. The topological polar surface area (TPSA) is 94.7 Å². The first kappa shape index (κ1) is 13.3. The zero-order valence-corrected chi connectivity index (χ0v) is 11.2. The molecule has 0 bridgehead atoms. The molecule has 0 aliphatic heterocycles. The van der Waals surface area contributed by atoms with Gasteiger partial charge in [0.25, 0.3) is 5.91 Å². The Morgan fingerprint density at radius 3 is 2.79 bits per heavy atom. The van der Waals surface area contributed by atoms with Crippen LogP contribution < -0.4 is 5.32 Å². The second-order valence-electron chi connectivity index (χ2n) is 3.76. The quantitative estimate of drug-likeness (QED) is 0.766. The van der Waals surface area contributed by atoms with Crippen LogP contribution in [0.25, 0.3) is 0 Å². The molecule has 9 heteroatoms. The number of nitrogens with one attached hydrogen (secondary N) is 1. The average Bonchev–Trinajstić information content (AvgIpc) is 2.95. The van der Waals surface area contributed by atoms with Crippen LogP contribution in [-0.4, -0.2) is 42.3 Å². The minimum absolute atomic E-state index is 0.0738. The van der Waals surface area contributed by atoms with Crippen molar-refractivity contribution in [3.05, 3.63) is 24.0 Å². The number of imide groups is 1. The molecule has 0 spiro atoms. The highest BCUT2D eigenvalue weighted by atomic mass is 32.2. The van der Waals surface area contributed by atoms with Gasteiger partial charge in [-0.05, 0) is 22.6 Å². The molecule has 0 aromatic carbocycles. The number of carbonyl (C=O) groups excluding carboxylic acids is 2. The van der Waals surface area contributed by atoms with E-state index in [0.29, 0.717) is 10.9 Å². The number of aryl methyl sites for hydroxylation is 2. The lowest BCUT2D eigenvalue weighted by Crippen LogP contribution is -2.33. The van der Waals surface area contributed by atoms with Gasteiger partial charge in [-0.25, -0.2) is 4.68 Å². The Morgan fingerprint density at radius 2 is 2.21 bits per heavy atom. The van der Waals surface area contributed by atoms with Crippen molar-refractivity contribution < 1.29 is 9.59 Å². The fraction of sp³-hybridized carbons (Fsp3) is 0.300. The summed E-state index contributed by atoms with van der Waals surface area (Å²) in [5.74, 6) is -0.738. The standard InChI is InChI=1S/C10H12N6O2S/c1-15-5-3-4-7(15)9(18)11-8(17)6-19-10-12-13-14-16(10)2/h3-5H,6H2,1-2H3,(H,11,17,18). The number of hydrogen-bond donors (Lipinski definition) is 1. The van der Waals surface area contributed by atoms with Crippen LogP contribution in [-0.2, 0) is 18.9 Å². The fourth-order valence-electron chi connectivity index (χ4n) is 1.40. The third kappa shape index (κ3) is 3.19. The maximum atomic E-state index is 11.8. The smallest absolute Gasteiger partial charge is 0.274 e. The molecule has 0 saturated heterocycles. The summed E-state index contributed by atoms with van der Waals surface area (Å²) in [5.41, 5.74) is 0.429. The summed E-state index contributed by atoms with van der Waals surface area (Å²) in [6.45, 7) is 0. The summed E-state index contributed by atoms with van der Waals surface area (Å²) in [7, 11) is 3.41. The molecule has 0 aliphatic carbocycles. The van der Waals surface area contributed by atoms with Crippen LogP contribution in [0.1, 0.15) is 10.5 Å². The first-order valence-corrected chi connectivity index (χ1v) is 6.37. The molecule has 8 nitrogen and oxygen atoms in total. The van der Waals surface area contributed by atoms with E-state index in [0.717, 1.165) is 11.8 Å². The van der Waals surface area contributed by atoms with E-state index >= 15 is 0 Å². The summed E-state index contributed by atoms with van der Waals surface area (Å²) in [4.78, 5) is 23.4. The zero-order chi connectivity index (χ0) is 13.8. The van der Waals surface area contributed by atoms with Crippen LogP contribution in [0.5, 0.6) is 0 Å². The molecule has 0 saturated carbocycles. The second kappa shape index (κ2) is 5.65. The third-order valence-electron chi connectivity index (χ3n) is 2.34. The highest BCUT2D eigenvalue weighted by Gasteiger charge is 2.14. The highest BCUT2D eigenvalue weighted by molar-refractivity contribution is 7.99. The van der Waals surface area contributed by atoms with E-state index in [-0.39, 0.29) is 11.7 Å². The molecule has 2 heterocycles. The maximum absolute atomic E-state index is 11.8. The van der Waals surface area contributed by atoms with Crippen molar-refractivity contribution in [3.63, 3.8) is 0 Å². The van der Waals surface area contributed by atoms with Crippen LogP contribution in [0.4, 0.5) is 0 Å². The number of aromatic nitrogens is 5. The molecule has 0 fully saturated rings. The van der Waals surface area contributed by atoms with Crippen molar-refractivity contribution in [3.8, 4) is 0 Å². The number of hydrogen-bond acceptors (Lipinski definition) is 6. The van der Waals surface area contributed by atoms with Crippen LogP contribution in [0.15, 0.2) is 23.5 Å². The van der Waals surface area contributed by atoms with Crippen LogP contribution >= 0.6 is 11.8 Å². The van der Waals surface area contributed by atoms with Crippen molar-refractivity contribution in [2.75, 3.05) is 5.75 Å². The van der Waals surface area contributed by atoms with Crippen molar-refractivity contribution >= 4 is 23.6 Å². The van der Waals surface area contributed by atoms with Gasteiger partial charge < -0.3 is 4.57 Å². The zero-order valence-electron chi connectivity index (χ0n) is 10.4. The maximum Gasteiger partial charge on any atom is 0.274 e. The fourth-order valence-corrected chi connectivity index (χ4v) is 2.05. The largest absolute Gasteiger partial charge is 0.347 e. The summed E-state index contributed by atoms with van der Waals surface area (Å²) in [6.07, 6.45) is 1.74. The Balaban J connectivity index is 1.87. The van der Waals surface area contributed by atoms with E-state index in [1.54, 1.807) is 37.0 Å². The van der Waals surface area contributed by atoms with E-state index in [1.165, 1.54) is 4.68 Å². The molecular weight excluding hydrogens is 268 g/mol. The first-order chi connectivity index (χ1) is 9.08. The summed E-state index contributed by atoms with van der Waals surface area (Å²) in [5, 5.41) is 13.6. The lowest BCUT2D eigenvalue weighted by Gasteiger charge is -2.04. The van der Waals surface area contributed by atoms with E-state index in [2.05, 4.69) is 20.8 Å². The SMILES string of the molecule is Cn1cccc1C(=O)NC(=O)CSc1nnnn1C. The van der Waals surface area contributed by atoms with Gasteiger partial charge in [0.2, 0.25) is 11.1 Å². The molecule has 2 amide bonds. The number of amides is 2. The van der Waals surface area contributed by atoms with Crippen LogP contribution in [0.3, 0.4) is 0 Å². The number of tetrazole rings is 1. The van der Waals surface area contributed by atoms with Crippen molar-refractivity contribution in [1.82, 2.24) is 30.1 Å². The molecule has 19 heavy (non-hydrogen) atoms. The molecule has 1 N–H and O–H groups in total. The Labute approximate surface area is 113 Å². The number of rotatable bonds is 4. The van der Waals surface area contributed by atoms with Gasteiger partial charge in [0.15, 0.2) is 0 Å².